The van der Waals surface area contributed by atoms with Crippen molar-refractivity contribution in [3.63, 3.8) is 0 Å². The topological polar surface area (TPSA) is 46.3 Å². The van der Waals surface area contributed by atoms with Crippen LogP contribution in [0.5, 0.6) is 0 Å². The fourth-order valence-electron chi connectivity index (χ4n) is 2.44. The molecule has 0 saturated carbocycles. The molecule has 1 aromatic carbocycles. The molecule has 0 bridgehead atoms. The van der Waals surface area contributed by atoms with Gasteiger partial charge in [-0.2, -0.15) is 0 Å². The van der Waals surface area contributed by atoms with Gasteiger partial charge in [-0.15, -0.1) is 0 Å². The number of thiocarbonyl (C=S) groups is 1. The summed E-state index contributed by atoms with van der Waals surface area (Å²) in [7, 11) is 0. The Balaban J connectivity index is 2.16. The molecule has 102 valence electrons. The van der Waals surface area contributed by atoms with Crippen LogP contribution >= 0.6 is 12.2 Å². The van der Waals surface area contributed by atoms with E-state index in [-0.39, 0.29) is 5.91 Å². The Morgan fingerprint density at radius 2 is 2.16 bits per heavy atom. The van der Waals surface area contributed by atoms with Crippen LogP contribution in [0.1, 0.15) is 37.3 Å². The minimum absolute atomic E-state index is 0.238. The molecule has 1 amide bonds. The van der Waals surface area contributed by atoms with Crippen molar-refractivity contribution in [3.05, 3.63) is 35.4 Å². The molecule has 2 rings (SSSR count). The average Bonchev–Trinajstić information content (AvgIpc) is 2.54. The fraction of sp³-hybridized carbons (Fsp3) is 0.467. The molecule has 2 N–H and O–H groups in total. The van der Waals surface area contributed by atoms with Crippen molar-refractivity contribution < 1.29 is 4.79 Å². The number of carbonyl (C=O) groups is 1. The number of hydrogen-bond acceptors (Lipinski definition) is 2. The Bertz CT molecular complexity index is 487. The first-order valence-electron chi connectivity index (χ1n) is 6.73. The fourth-order valence-corrected chi connectivity index (χ4v) is 2.64. The van der Waals surface area contributed by atoms with E-state index in [9.17, 15) is 4.79 Å². The van der Waals surface area contributed by atoms with Gasteiger partial charge in [-0.3, -0.25) is 4.79 Å². The first-order chi connectivity index (χ1) is 9.08. The SMILES string of the molecule is CC1CCC(=O)N(Cc2ccccc2C(N)=S)CC1. The molecule has 1 aliphatic heterocycles. The minimum atomic E-state index is 0.238. The first kappa shape index (κ1) is 14.0. The third-order valence-corrected chi connectivity index (χ3v) is 3.96. The van der Waals surface area contributed by atoms with E-state index in [1.807, 2.05) is 29.2 Å². The van der Waals surface area contributed by atoms with Crippen LogP contribution in [0, 0.1) is 5.92 Å². The first-order valence-corrected chi connectivity index (χ1v) is 7.14. The van der Waals surface area contributed by atoms with E-state index >= 15 is 0 Å². The Labute approximate surface area is 119 Å². The van der Waals surface area contributed by atoms with Gasteiger partial charge in [-0.05, 0) is 24.3 Å². The molecule has 1 aliphatic rings. The Hall–Kier alpha value is -1.42. The van der Waals surface area contributed by atoms with Gasteiger partial charge in [-0.25, -0.2) is 0 Å². The van der Waals surface area contributed by atoms with Crippen molar-refractivity contribution in [1.29, 1.82) is 0 Å². The number of benzene rings is 1. The van der Waals surface area contributed by atoms with E-state index in [0.29, 0.717) is 23.9 Å². The molecule has 1 fully saturated rings. The highest BCUT2D eigenvalue weighted by atomic mass is 32.1. The lowest BCUT2D eigenvalue weighted by molar-refractivity contribution is -0.131. The van der Waals surface area contributed by atoms with E-state index in [1.54, 1.807) is 0 Å². The molecule has 4 heteroatoms. The number of nitrogens with zero attached hydrogens (tertiary/aromatic N) is 1. The zero-order valence-corrected chi connectivity index (χ0v) is 12.1. The van der Waals surface area contributed by atoms with Gasteiger partial charge in [0.15, 0.2) is 0 Å². The van der Waals surface area contributed by atoms with Crippen molar-refractivity contribution in [1.82, 2.24) is 4.90 Å². The van der Waals surface area contributed by atoms with Crippen LogP contribution in [-0.2, 0) is 11.3 Å². The Kier molecular flexibility index (Phi) is 4.53. The lowest BCUT2D eigenvalue weighted by atomic mass is 10.0. The van der Waals surface area contributed by atoms with Crippen LogP contribution < -0.4 is 5.73 Å². The molecule has 0 spiro atoms. The molecule has 1 heterocycles. The van der Waals surface area contributed by atoms with E-state index < -0.39 is 0 Å². The summed E-state index contributed by atoms with van der Waals surface area (Å²) in [5.41, 5.74) is 7.65. The monoisotopic (exact) mass is 276 g/mol. The molecule has 0 aromatic heterocycles. The van der Waals surface area contributed by atoms with Gasteiger partial charge < -0.3 is 10.6 Å². The maximum atomic E-state index is 12.1. The number of likely N-dealkylation sites (tertiary alicyclic amines) is 1. The van der Waals surface area contributed by atoms with E-state index in [2.05, 4.69) is 6.92 Å². The Morgan fingerprint density at radius 3 is 2.89 bits per heavy atom. The summed E-state index contributed by atoms with van der Waals surface area (Å²) in [4.78, 5) is 14.4. The van der Waals surface area contributed by atoms with Crippen LogP contribution in [0.3, 0.4) is 0 Å². The average molecular weight is 276 g/mol. The number of carbonyl (C=O) groups excluding carboxylic acids is 1. The molecule has 1 saturated heterocycles. The molecule has 0 aliphatic carbocycles. The van der Waals surface area contributed by atoms with Gasteiger partial charge in [-0.1, -0.05) is 43.4 Å². The van der Waals surface area contributed by atoms with Gasteiger partial charge in [0.25, 0.3) is 0 Å². The summed E-state index contributed by atoms with van der Waals surface area (Å²) >= 11 is 5.07. The van der Waals surface area contributed by atoms with Crippen molar-refractivity contribution in [2.75, 3.05) is 6.54 Å². The lowest BCUT2D eigenvalue weighted by Crippen LogP contribution is -2.30. The van der Waals surface area contributed by atoms with Crippen molar-refractivity contribution in [2.24, 2.45) is 11.7 Å². The van der Waals surface area contributed by atoms with Crippen LogP contribution in [-0.4, -0.2) is 22.3 Å². The van der Waals surface area contributed by atoms with Crippen molar-refractivity contribution in [3.8, 4) is 0 Å². The smallest absolute Gasteiger partial charge is 0.222 e. The number of amides is 1. The molecular weight excluding hydrogens is 256 g/mol. The van der Waals surface area contributed by atoms with E-state index in [0.717, 1.165) is 30.5 Å². The molecule has 0 radical (unpaired) electrons. The third-order valence-electron chi connectivity index (χ3n) is 3.74. The predicted octanol–water partition coefficient (Wildman–Crippen LogP) is 2.47. The zero-order valence-electron chi connectivity index (χ0n) is 11.3. The minimum Gasteiger partial charge on any atom is -0.389 e. The number of nitrogens with two attached hydrogens (primary N) is 1. The van der Waals surface area contributed by atoms with Crippen LogP contribution in [0.4, 0.5) is 0 Å². The number of rotatable bonds is 3. The summed E-state index contributed by atoms with van der Waals surface area (Å²) in [6, 6.07) is 7.80. The molecular formula is C15H20N2OS. The molecule has 1 atom stereocenters. The highest BCUT2D eigenvalue weighted by Crippen LogP contribution is 2.20. The van der Waals surface area contributed by atoms with E-state index in [1.165, 1.54) is 0 Å². The summed E-state index contributed by atoms with van der Waals surface area (Å²) in [6.45, 7) is 3.64. The van der Waals surface area contributed by atoms with Crippen LogP contribution in [0.25, 0.3) is 0 Å². The molecule has 1 unspecified atom stereocenters. The van der Waals surface area contributed by atoms with Gasteiger partial charge in [0.2, 0.25) is 5.91 Å². The standard InChI is InChI=1S/C15H20N2OS/c1-11-6-7-14(18)17(9-8-11)10-12-4-2-3-5-13(12)15(16)19/h2-5,11H,6-10H2,1H3,(H2,16,19). The van der Waals surface area contributed by atoms with Gasteiger partial charge in [0, 0.05) is 25.1 Å². The maximum Gasteiger partial charge on any atom is 0.222 e. The second-order valence-corrected chi connectivity index (χ2v) is 5.71. The van der Waals surface area contributed by atoms with Gasteiger partial charge in [0.1, 0.15) is 4.99 Å². The summed E-state index contributed by atoms with van der Waals surface area (Å²) in [6.07, 6.45) is 2.71. The predicted molar refractivity (Wildman–Crippen MR) is 80.8 cm³/mol. The summed E-state index contributed by atoms with van der Waals surface area (Å²) in [5, 5.41) is 0. The van der Waals surface area contributed by atoms with Crippen LogP contribution in [0.2, 0.25) is 0 Å². The highest BCUT2D eigenvalue weighted by Gasteiger charge is 2.21. The maximum absolute atomic E-state index is 12.1. The molecule has 1 aromatic rings. The third kappa shape index (κ3) is 3.53. The van der Waals surface area contributed by atoms with Crippen LogP contribution in [0.15, 0.2) is 24.3 Å². The summed E-state index contributed by atoms with van der Waals surface area (Å²) in [5.74, 6) is 0.863. The normalized spacial score (nSPS) is 20.2. The van der Waals surface area contributed by atoms with E-state index in [4.69, 9.17) is 18.0 Å². The second kappa shape index (κ2) is 6.15. The Morgan fingerprint density at radius 1 is 1.42 bits per heavy atom. The number of hydrogen-bond donors (Lipinski definition) is 1. The quantitative estimate of drug-likeness (QED) is 0.863. The van der Waals surface area contributed by atoms with Crippen molar-refractivity contribution >= 4 is 23.1 Å². The van der Waals surface area contributed by atoms with Crippen molar-refractivity contribution in [2.45, 2.75) is 32.7 Å². The molecule has 3 nitrogen and oxygen atoms in total. The molecule has 19 heavy (non-hydrogen) atoms. The second-order valence-electron chi connectivity index (χ2n) is 5.27. The zero-order chi connectivity index (χ0) is 13.8. The summed E-state index contributed by atoms with van der Waals surface area (Å²) < 4.78 is 0. The largest absolute Gasteiger partial charge is 0.389 e. The highest BCUT2D eigenvalue weighted by molar-refractivity contribution is 7.80. The van der Waals surface area contributed by atoms with Gasteiger partial charge >= 0.3 is 0 Å². The van der Waals surface area contributed by atoms with Gasteiger partial charge in [0.05, 0.1) is 0 Å². The lowest BCUT2D eigenvalue weighted by Gasteiger charge is -2.22.